The van der Waals surface area contributed by atoms with E-state index >= 15 is 0 Å². The van der Waals surface area contributed by atoms with E-state index in [0.717, 1.165) is 22.7 Å². The summed E-state index contributed by atoms with van der Waals surface area (Å²) in [6.45, 7) is 7.80. The van der Waals surface area contributed by atoms with E-state index in [9.17, 15) is 18.0 Å². The number of carbonyl (C=O) groups excluding carboxylic acids is 1. The molecule has 2 aromatic heterocycles. The fourth-order valence-corrected chi connectivity index (χ4v) is 6.07. The third kappa shape index (κ3) is 7.04. The highest BCUT2D eigenvalue weighted by atomic mass is 35.5. The second kappa shape index (κ2) is 12.7. The fourth-order valence-electron chi connectivity index (χ4n) is 5.20. The second-order valence-corrected chi connectivity index (χ2v) is 11.5. The summed E-state index contributed by atoms with van der Waals surface area (Å²) in [5.41, 5.74) is 0.346. The molecular formula is C28H33ClF3N5O2S. The van der Waals surface area contributed by atoms with Crippen LogP contribution in [0.4, 0.5) is 23.9 Å². The third-order valence-corrected chi connectivity index (χ3v) is 8.06. The van der Waals surface area contributed by atoms with Crippen molar-refractivity contribution in [2.24, 2.45) is 0 Å². The molecule has 1 aliphatic rings. The molecule has 0 radical (unpaired) electrons. The molecule has 0 bridgehead atoms. The smallest absolute Gasteiger partial charge is 0.416 e. The zero-order chi connectivity index (χ0) is 29.0. The van der Waals surface area contributed by atoms with Crippen molar-refractivity contribution in [3.8, 4) is 10.6 Å². The van der Waals surface area contributed by atoms with E-state index in [1.165, 1.54) is 17.4 Å². The number of likely N-dealkylation sites (tertiary alicyclic amines) is 1. The average Bonchev–Trinajstić information content (AvgIpc) is 3.45. The van der Waals surface area contributed by atoms with Gasteiger partial charge in [0, 0.05) is 59.2 Å². The van der Waals surface area contributed by atoms with Crippen molar-refractivity contribution in [3.63, 3.8) is 0 Å². The Morgan fingerprint density at radius 1 is 1.12 bits per heavy atom. The summed E-state index contributed by atoms with van der Waals surface area (Å²) in [5.74, 6) is 0.391. The number of aromatic nitrogens is 3. The first-order valence-electron chi connectivity index (χ1n) is 13.3. The van der Waals surface area contributed by atoms with Crippen LogP contribution in [0.25, 0.3) is 10.6 Å². The first-order valence-corrected chi connectivity index (χ1v) is 14.6. The highest BCUT2D eigenvalue weighted by Crippen LogP contribution is 2.36. The molecule has 1 aromatic carbocycles. The molecule has 1 amide bonds. The van der Waals surface area contributed by atoms with Crippen molar-refractivity contribution in [1.29, 1.82) is 0 Å². The van der Waals surface area contributed by atoms with Gasteiger partial charge in [-0.05, 0) is 63.3 Å². The van der Waals surface area contributed by atoms with E-state index < -0.39 is 11.7 Å². The van der Waals surface area contributed by atoms with Crippen LogP contribution in [-0.4, -0.2) is 50.2 Å². The Morgan fingerprint density at radius 3 is 2.30 bits per heavy atom. The van der Waals surface area contributed by atoms with E-state index in [4.69, 9.17) is 16.3 Å². The zero-order valence-corrected chi connectivity index (χ0v) is 24.4. The number of rotatable bonds is 8. The predicted octanol–water partition coefficient (Wildman–Crippen LogP) is 7.85. The largest absolute Gasteiger partial charge is 0.447 e. The number of halogens is 4. The van der Waals surface area contributed by atoms with Gasteiger partial charge in [-0.3, -0.25) is 0 Å². The summed E-state index contributed by atoms with van der Waals surface area (Å²) in [6.07, 6.45) is 2.52. The highest BCUT2D eigenvalue weighted by Gasteiger charge is 2.41. The lowest BCUT2D eigenvalue weighted by atomic mass is 9.87. The van der Waals surface area contributed by atoms with E-state index in [0.29, 0.717) is 37.2 Å². The maximum atomic E-state index is 13.6. The van der Waals surface area contributed by atoms with E-state index in [1.54, 1.807) is 18.6 Å². The highest BCUT2D eigenvalue weighted by molar-refractivity contribution is 7.13. The molecule has 1 fully saturated rings. The van der Waals surface area contributed by atoms with Crippen LogP contribution in [0.15, 0.2) is 42.2 Å². The Labute approximate surface area is 241 Å². The molecule has 0 spiro atoms. The zero-order valence-electron chi connectivity index (χ0n) is 22.9. The molecule has 3 atom stereocenters. The lowest BCUT2D eigenvalue weighted by Gasteiger charge is -2.47. The third-order valence-electron chi connectivity index (χ3n) is 7.02. The summed E-state index contributed by atoms with van der Waals surface area (Å²) in [5, 5.41) is 2.64. The van der Waals surface area contributed by atoms with E-state index in [1.807, 2.05) is 42.9 Å². The first-order chi connectivity index (χ1) is 19.0. The Hall–Kier alpha value is -2.92. The molecule has 7 nitrogen and oxygen atoms in total. The SMILES string of the molecule is CC[C@@H]1C[C@@H](N(Cc2cc(Cl)cc(C(F)(F)F)c2)c2ncc(-c3nccs3)cn2)C[C@H](CC)N1C(=O)OC(C)C. The molecule has 1 saturated heterocycles. The molecule has 3 heterocycles. The summed E-state index contributed by atoms with van der Waals surface area (Å²) in [4.78, 5) is 30.4. The minimum Gasteiger partial charge on any atom is -0.447 e. The van der Waals surface area contributed by atoms with Gasteiger partial charge < -0.3 is 14.5 Å². The maximum absolute atomic E-state index is 13.6. The summed E-state index contributed by atoms with van der Waals surface area (Å²) < 4.78 is 46.3. The molecule has 0 aliphatic carbocycles. The van der Waals surface area contributed by atoms with E-state index in [-0.39, 0.29) is 41.9 Å². The molecular weight excluding hydrogens is 563 g/mol. The van der Waals surface area contributed by atoms with Gasteiger partial charge in [0.2, 0.25) is 5.95 Å². The van der Waals surface area contributed by atoms with Gasteiger partial charge >= 0.3 is 12.3 Å². The Morgan fingerprint density at radius 2 is 1.77 bits per heavy atom. The number of carbonyl (C=O) groups is 1. The number of anilines is 1. The fraction of sp³-hybridized carbons (Fsp3) is 0.500. The first kappa shape index (κ1) is 30.0. The standard InChI is InChI=1S/C28H33ClF3N5O2S/c1-5-22-12-24(13-23(6-2)37(22)27(38)39-17(3)4)36(16-18-9-20(28(30,31)32)11-21(29)10-18)26-34-14-19(15-35-26)25-33-7-8-40-25/h7-11,14-15,17,22-24H,5-6,12-13,16H2,1-4H3/t22-,23+,24-. The number of thiazole rings is 1. The van der Waals surface area contributed by atoms with Crippen LogP contribution in [0.1, 0.15) is 64.5 Å². The molecule has 3 aromatic rings. The topological polar surface area (TPSA) is 71.5 Å². The lowest BCUT2D eigenvalue weighted by Crippen LogP contribution is -2.57. The summed E-state index contributed by atoms with van der Waals surface area (Å²) >= 11 is 7.59. The minimum absolute atomic E-state index is 0.00827. The predicted molar refractivity (Wildman–Crippen MR) is 150 cm³/mol. The molecule has 0 N–H and O–H groups in total. The van der Waals surface area contributed by atoms with Gasteiger partial charge in [-0.25, -0.2) is 19.7 Å². The van der Waals surface area contributed by atoms with Crippen molar-refractivity contribution in [1.82, 2.24) is 19.9 Å². The maximum Gasteiger partial charge on any atom is 0.416 e. The van der Waals surface area contributed by atoms with E-state index in [2.05, 4.69) is 15.0 Å². The quantitative estimate of drug-likeness (QED) is 0.264. The molecule has 216 valence electrons. The number of hydrogen-bond acceptors (Lipinski definition) is 7. The number of piperidine rings is 1. The van der Waals surface area contributed by atoms with Crippen LogP contribution in [0.3, 0.4) is 0 Å². The Balaban J connectivity index is 1.70. The number of hydrogen-bond donors (Lipinski definition) is 0. The van der Waals surface area contributed by atoms with Crippen molar-refractivity contribution in [3.05, 3.63) is 58.3 Å². The Kier molecular flexibility index (Phi) is 9.56. The minimum atomic E-state index is -4.53. The van der Waals surface area contributed by atoms with Crippen molar-refractivity contribution >= 4 is 35.0 Å². The molecule has 4 rings (SSSR count). The average molecular weight is 596 g/mol. The van der Waals surface area contributed by atoms with Crippen LogP contribution >= 0.6 is 22.9 Å². The van der Waals surface area contributed by atoms with Crippen LogP contribution in [-0.2, 0) is 17.5 Å². The second-order valence-electron chi connectivity index (χ2n) is 10.2. The van der Waals surface area contributed by atoms with Gasteiger partial charge in [0.25, 0.3) is 0 Å². The Bertz CT molecular complexity index is 1260. The van der Waals surface area contributed by atoms with Crippen molar-refractivity contribution in [2.75, 3.05) is 4.90 Å². The van der Waals surface area contributed by atoms with Crippen LogP contribution in [0.5, 0.6) is 0 Å². The summed E-state index contributed by atoms with van der Waals surface area (Å²) in [7, 11) is 0. The van der Waals surface area contributed by atoms with Crippen molar-refractivity contribution in [2.45, 2.75) is 90.3 Å². The van der Waals surface area contributed by atoms with Gasteiger partial charge in [-0.15, -0.1) is 11.3 Å². The van der Waals surface area contributed by atoms with Gasteiger partial charge in [0.05, 0.1) is 11.7 Å². The molecule has 1 aliphatic heterocycles. The van der Waals surface area contributed by atoms with Crippen LogP contribution < -0.4 is 4.90 Å². The van der Waals surface area contributed by atoms with Crippen molar-refractivity contribution < 1.29 is 22.7 Å². The number of alkyl halides is 3. The summed E-state index contributed by atoms with van der Waals surface area (Å²) in [6, 6.07) is 3.21. The molecule has 40 heavy (non-hydrogen) atoms. The number of amides is 1. The van der Waals surface area contributed by atoms with Crippen LogP contribution in [0, 0.1) is 0 Å². The van der Waals surface area contributed by atoms with Gasteiger partial charge in [0.1, 0.15) is 5.01 Å². The van der Waals surface area contributed by atoms with Gasteiger partial charge in [0.15, 0.2) is 0 Å². The van der Waals surface area contributed by atoms with Crippen LogP contribution in [0.2, 0.25) is 5.02 Å². The molecule has 0 unspecified atom stereocenters. The number of benzene rings is 1. The lowest BCUT2D eigenvalue weighted by molar-refractivity contribution is -0.137. The van der Waals surface area contributed by atoms with Gasteiger partial charge in [-0.2, -0.15) is 13.2 Å². The number of nitrogens with zero attached hydrogens (tertiary/aromatic N) is 5. The monoisotopic (exact) mass is 595 g/mol. The number of ether oxygens (including phenoxy) is 1. The normalized spacial score (nSPS) is 19.6. The molecule has 12 heteroatoms. The van der Waals surface area contributed by atoms with Gasteiger partial charge in [-0.1, -0.05) is 25.4 Å². The molecule has 0 saturated carbocycles.